The van der Waals surface area contributed by atoms with Gasteiger partial charge in [0.15, 0.2) is 11.5 Å². The minimum atomic E-state index is -0.470. The third kappa shape index (κ3) is 3.37. The smallest absolute Gasteiger partial charge is 0.345 e. The summed E-state index contributed by atoms with van der Waals surface area (Å²) in [5.41, 5.74) is 3.07. The molecule has 1 aliphatic carbocycles. The van der Waals surface area contributed by atoms with Crippen molar-refractivity contribution >= 4 is 22.3 Å². The van der Waals surface area contributed by atoms with Crippen LogP contribution < -0.4 is 15.8 Å². The van der Waals surface area contributed by atoms with E-state index >= 15 is 0 Å². The van der Waals surface area contributed by atoms with Crippen molar-refractivity contribution in [1.82, 2.24) is 14.7 Å². The van der Waals surface area contributed by atoms with Crippen LogP contribution in [0, 0.1) is 5.82 Å². The number of pyridine rings is 1. The number of imidazole rings is 1. The fraction of sp³-hybridized carbons (Fsp3) is 0.360. The highest BCUT2D eigenvalue weighted by atomic mass is 19.1. The van der Waals surface area contributed by atoms with Crippen molar-refractivity contribution in [3.05, 3.63) is 64.5 Å². The van der Waals surface area contributed by atoms with Crippen LogP contribution in [0.15, 0.2) is 51.9 Å². The van der Waals surface area contributed by atoms with Crippen molar-refractivity contribution in [3.63, 3.8) is 0 Å². The molecule has 4 heterocycles. The molecule has 0 spiro atoms. The fourth-order valence-electron chi connectivity index (χ4n) is 4.86. The van der Waals surface area contributed by atoms with Crippen molar-refractivity contribution in [1.29, 1.82) is 0 Å². The van der Waals surface area contributed by atoms with E-state index in [9.17, 15) is 9.18 Å². The Balaban J connectivity index is 1.39. The predicted octanol–water partition coefficient (Wildman–Crippen LogP) is 4.31. The highest BCUT2D eigenvalue weighted by Gasteiger charge is 2.26. The number of benzene rings is 1. The molecule has 3 aromatic heterocycles. The number of fused-ring (bicyclic) bond motifs is 2. The van der Waals surface area contributed by atoms with Crippen molar-refractivity contribution in [2.75, 3.05) is 18.0 Å². The van der Waals surface area contributed by atoms with Crippen LogP contribution in [0.5, 0.6) is 0 Å². The van der Waals surface area contributed by atoms with Gasteiger partial charge in [-0.3, -0.25) is 0 Å². The van der Waals surface area contributed by atoms with E-state index in [2.05, 4.69) is 35.1 Å². The molecule has 2 aliphatic rings. The standard InChI is InChI=1S/C25H25FN4O2/c1-14-10-29(11-15(2)27-14)19-6-5-17-7-20(25(31)32-23(17)9-19)22-13-30-12-18(16-3-4-16)8-21(26)24(30)28-22/h5-9,12-16,27H,3-4,10-11H2,1-2H3. The zero-order valence-corrected chi connectivity index (χ0v) is 18.1. The van der Waals surface area contributed by atoms with Crippen LogP contribution in [-0.2, 0) is 0 Å². The summed E-state index contributed by atoms with van der Waals surface area (Å²) in [6, 6.07) is 10.1. The second-order valence-corrected chi connectivity index (χ2v) is 9.30. The predicted molar refractivity (Wildman–Crippen MR) is 123 cm³/mol. The Morgan fingerprint density at radius 2 is 1.88 bits per heavy atom. The van der Waals surface area contributed by atoms with Gasteiger partial charge in [-0.2, -0.15) is 0 Å². The van der Waals surface area contributed by atoms with E-state index < -0.39 is 5.63 Å². The van der Waals surface area contributed by atoms with Crippen LogP contribution >= 0.6 is 0 Å². The monoisotopic (exact) mass is 432 g/mol. The molecular weight excluding hydrogens is 407 g/mol. The number of rotatable bonds is 3. The maximum atomic E-state index is 14.6. The summed E-state index contributed by atoms with van der Waals surface area (Å²) < 4.78 is 22.0. The van der Waals surface area contributed by atoms with Gasteiger partial charge < -0.3 is 19.0 Å². The lowest BCUT2D eigenvalue weighted by Gasteiger charge is -2.37. The summed E-state index contributed by atoms with van der Waals surface area (Å²) in [5.74, 6) is 0.0660. The normalized spacial score (nSPS) is 21.5. The van der Waals surface area contributed by atoms with Crippen LogP contribution in [0.1, 0.15) is 38.2 Å². The molecule has 1 saturated heterocycles. The Bertz CT molecular complexity index is 1390. The molecule has 6 nitrogen and oxygen atoms in total. The molecular formula is C25H25FN4O2. The minimum absolute atomic E-state index is 0.223. The lowest BCUT2D eigenvalue weighted by Crippen LogP contribution is -2.54. The Morgan fingerprint density at radius 1 is 1.09 bits per heavy atom. The van der Waals surface area contributed by atoms with E-state index in [1.807, 2.05) is 18.3 Å². The van der Waals surface area contributed by atoms with Crippen LogP contribution in [0.3, 0.4) is 0 Å². The Kier molecular flexibility index (Phi) is 4.37. The Labute approximate surface area is 184 Å². The van der Waals surface area contributed by atoms with Gasteiger partial charge in [-0.15, -0.1) is 0 Å². The van der Waals surface area contributed by atoms with Crippen LogP contribution in [0.4, 0.5) is 10.1 Å². The first-order chi connectivity index (χ1) is 15.4. The molecule has 2 fully saturated rings. The van der Waals surface area contributed by atoms with Gasteiger partial charge in [0, 0.05) is 54.7 Å². The van der Waals surface area contributed by atoms with Crippen LogP contribution in [0.2, 0.25) is 0 Å². The zero-order valence-electron chi connectivity index (χ0n) is 18.1. The van der Waals surface area contributed by atoms with Gasteiger partial charge in [-0.05, 0) is 62.4 Å². The molecule has 1 N–H and O–H groups in total. The summed E-state index contributed by atoms with van der Waals surface area (Å²) in [6.07, 6.45) is 5.81. The number of piperazine rings is 1. The lowest BCUT2D eigenvalue weighted by molar-refractivity contribution is 0.407. The van der Waals surface area contributed by atoms with E-state index in [1.165, 1.54) is 0 Å². The second-order valence-electron chi connectivity index (χ2n) is 9.30. The summed E-state index contributed by atoms with van der Waals surface area (Å²) >= 11 is 0. The molecule has 6 rings (SSSR count). The number of halogens is 1. The maximum absolute atomic E-state index is 14.6. The Hall–Kier alpha value is -3.19. The van der Waals surface area contributed by atoms with Gasteiger partial charge in [0.05, 0.1) is 11.3 Å². The molecule has 2 unspecified atom stereocenters. The van der Waals surface area contributed by atoms with Crippen molar-refractivity contribution in [2.45, 2.75) is 44.7 Å². The first-order valence-electron chi connectivity index (χ1n) is 11.2. The molecule has 1 saturated carbocycles. The topological polar surface area (TPSA) is 62.8 Å². The lowest BCUT2D eigenvalue weighted by atomic mass is 10.1. The van der Waals surface area contributed by atoms with E-state index in [4.69, 9.17) is 4.42 Å². The largest absolute Gasteiger partial charge is 0.422 e. The molecule has 4 aromatic rings. The molecule has 0 bridgehead atoms. The van der Waals surface area contributed by atoms with E-state index in [0.29, 0.717) is 34.8 Å². The first kappa shape index (κ1) is 19.5. The molecule has 32 heavy (non-hydrogen) atoms. The van der Waals surface area contributed by atoms with Gasteiger partial charge in [0.25, 0.3) is 0 Å². The average Bonchev–Trinajstić information content (AvgIpc) is 3.51. The number of aromatic nitrogens is 2. The van der Waals surface area contributed by atoms with Crippen LogP contribution in [-0.4, -0.2) is 34.6 Å². The summed E-state index contributed by atoms with van der Waals surface area (Å²) in [7, 11) is 0. The van der Waals surface area contributed by atoms with Gasteiger partial charge in [0.2, 0.25) is 0 Å². The summed E-state index contributed by atoms with van der Waals surface area (Å²) in [5, 5.41) is 4.34. The third-order valence-corrected chi connectivity index (χ3v) is 6.49. The molecule has 0 radical (unpaired) electrons. The van der Waals surface area contributed by atoms with E-state index in [-0.39, 0.29) is 11.5 Å². The number of anilines is 1. The molecule has 2 atom stereocenters. The number of hydrogen-bond donors (Lipinski definition) is 1. The SMILES string of the molecule is CC1CN(c2ccc3cc(-c4cn5cc(C6CC6)cc(F)c5n4)c(=O)oc3c2)CC(C)N1. The van der Waals surface area contributed by atoms with Gasteiger partial charge in [0.1, 0.15) is 5.58 Å². The van der Waals surface area contributed by atoms with Crippen LogP contribution in [0.25, 0.3) is 27.9 Å². The highest BCUT2D eigenvalue weighted by molar-refractivity contribution is 5.84. The maximum Gasteiger partial charge on any atom is 0.345 e. The van der Waals surface area contributed by atoms with E-state index in [1.54, 1.807) is 22.7 Å². The molecule has 7 heteroatoms. The summed E-state index contributed by atoms with van der Waals surface area (Å²) in [6.45, 7) is 6.13. The van der Waals surface area contributed by atoms with Gasteiger partial charge >= 0.3 is 5.63 Å². The highest BCUT2D eigenvalue weighted by Crippen LogP contribution is 2.40. The molecule has 1 aromatic carbocycles. The quantitative estimate of drug-likeness (QED) is 0.489. The van der Waals surface area contributed by atoms with Gasteiger partial charge in [-0.25, -0.2) is 14.2 Å². The second kappa shape index (κ2) is 7.17. The number of nitrogens with one attached hydrogen (secondary N) is 1. The summed E-state index contributed by atoms with van der Waals surface area (Å²) in [4.78, 5) is 19.5. The fourth-order valence-corrected chi connectivity index (χ4v) is 4.86. The minimum Gasteiger partial charge on any atom is -0.422 e. The first-order valence-corrected chi connectivity index (χ1v) is 11.2. The molecule has 1 aliphatic heterocycles. The molecule has 0 amide bonds. The van der Waals surface area contributed by atoms with E-state index in [0.717, 1.165) is 42.6 Å². The van der Waals surface area contributed by atoms with Crippen molar-refractivity contribution in [3.8, 4) is 11.3 Å². The van der Waals surface area contributed by atoms with Gasteiger partial charge in [-0.1, -0.05) is 0 Å². The average molecular weight is 432 g/mol. The Morgan fingerprint density at radius 3 is 2.62 bits per heavy atom. The number of hydrogen-bond acceptors (Lipinski definition) is 5. The molecule has 164 valence electrons. The number of nitrogens with zero attached hydrogens (tertiary/aromatic N) is 3. The van der Waals surface area contributed by atoms with Crippen molar-refractivity contribution in [2.24, 2.45) is 0 Å². The van der Waals surface area contributed by atoms with Crippen molar-refractivity contribution < 1.29 is 8.81 Å². The third-order valence-electron chi connectivity index (χ3n) is 6.49. The zero-order chi connectivity index (χ0) is 22.0.